The van der Waals surface area contributed by atoms with Crippen molar-refractivity contribution in [2.45, 2.75) is 66.1 Å². The van der Waals surface area contributed by atoms with Gasteiger partial charge in [-0.3, -0.25) is 0 Å². The Balaban J connectivity index is 3.05. The van der Waals surface area contributed by atoms with Crippen LogP contribution in [0.5, 0.6) is 5.75 Å². The predicted molar refractivity (Wildman–Crippen MR) is 122 cm³/mol. The van der Waals surface area contributed by atoms with Crippen LogP contribution in [0.2, 0.25) is 0 Å². The van der Waals surface area contributed by atoms with Crippen molar-refractivity contribution in [2.75, 3.05) is 25.1 Å². The molecule has 3 N–H and O–H groups in total. The third kappa shape index (κ3) is 9.59. The number of ether oxygens (including phenoxy) is 3. The van der Waals surface area contributed by atoms with Crippen LogP contribution in [0.1, 0.15) is 54.0 Å². The van der Waals surface area contributed by atoms with Crippen LogP contribution in [0.15, 0.2) is 23.2 Å². The number of anilines is 1. The van der Waals surface area contributed by atoms with E-state index in [1.807, 2.05) is 19.1 Å². The van der Waals surface area contributed by atoms with Crippen molar-refractivity contribution >= 4 is 23.8 Å². The van der Waals surface area contributed by atoms with Gasteiger partial charge in [-0.1, -0.05) is 0 Å². The van der Waals surface area contributed by atoms with Crippen molar-refractivity contribution in [3.8, 4) is 5.75 Å². The molecule has 0 heterocycles. The number of aliphatic imine (C=N–C) groups is 1. The minimum Gasteiger partial charge on any atom is -0.497 e. The summed E-state index contributed by atoms with van der Waals surface area (Å²) in [4.78, 5) is 29.6. The van der Waals surface area contributed by atoms with Crippen molar-refractivity contribution in [1.29, 1.82) is 0 Å². The molecule has 0 aliphatic heterocycles. The highest BCUT2D eigenvalue weighted by molar-refractivity contribution is 6.00. The topological polar surface area (TPSA) is 115 Å². The number of guanidine groups is 1. The molecule has 0 saturated heterocycles. The number of nitrogens with one attached hydrogen (secondary N) is 1. The van der Waals surface area contributed by atoms with Gasteiger partial charge in [-0.05, 0) is 78.6 Å². The molecule has 174 valence electrons. The molecular formula is C22H36N4O5. The molecule has 0 fully saturated rings. The minimum absolute atomic E-state index is 0.0169. The van der Waals surface area contributed by atoms with Gasteiger partial charge in [-0.25, -0.2) is 9.59 Å². The normalized spacial score (nSPS) is 12.2. The lowest BCUT2D eigenvalue weighted by Crippen LogP contribution is -2.39. The second-order valence-corrected chi connectivity index (χ2v) is 8.87. The van der Waals surface area contributed by atoms with Gasteiger partial charge in [0.2, 0.25) is 5.96 Å². The van der Waals surface area contributed by atoms with Gasteiger partial charge in [0.15, 0.2) is 0 Å². The molecule has 0 aliphatic rings. The van der Waals surface area contributed by atoms with Gasteiger partial charge < -0.3 is 30.2 Å². The Hall–Kier alpha value is -2.97. The summed E-state index contributed by atoms with van der Waals surface area (Å²) in [5, 5.41) is 2.74. The van der Waals surface area contributed by atoms with Gasteiger partial charge in [-0.2, -0.15) is 0 Å². The Morgan fingerprint density at radius 3 is 2.23 bits per heavy atom. The molecule has 9 nitrogen and oxygen atoms in total. The molecular weight excluding hydrogens is 400 g/mol. The number of rotatable bonds is 6. The van der Waals surface area contributed by atoms with Crippen LogP contribution < -0.4 is 20.7 Å². The molecule has 1 aromatic carbocycles. The van der Waals surface area contributed by atoms with Crippen LogP contribution in [0.3, 0.4) is 0 Å². The second-order valence-electron chi connectivity index (χ2n) is 8.87. The van der Waals surface area contributed by atoms with E-state index in [1.54, 1.807) is 59.6 Å². The first kappa shape index (κ1) is 26.1. The van der Waals surface area contributed by atoms with Crippen LogP contribution in [0.4, 0.5) is 15.3 Å². The average Bonchev–Trinajstić information content (AvgIpc) is 2.60. The van der Waals surface area contributed by atoms with Crippen molar-refractivity contribution in [3.05, 3.63) is 23.8 Å². The molecule has 0 bridgehead atoms. The van der Waals surface area contributed by atoms with Gasteiger partial charge in [-0.15, -0.1) is 4.99 Å². The Kier molecular flexibility index (Phi) is 9.15. The zero-order valence-corrected chi connectivity index (χ0v) is 19.9. The SMILES string of the molecule is CCN(C(N)=NC(=O)OC(C)(C)C)c1ccc(OC)cc1CCNC(=O)OC(C)(C)C. The van der Waals surface area contributed by atoms with Crippen LogP contribution in [-0.2, 0) is 15.9 Å². The first-order valence-electron chi connectivity index (χ1n) is 10.2. The Labute approximate surface area is 184 Å². The fourth-order valence-electron chi connectivity index (χ4n) is 2.66. The fraction of sp³-hybridized carbons (Fsp3) is 0.591. The Morgan fingerprint density at radius 1 is 1.10 bits per heavy atom. The summed E-state index contributed by atoms with van der Waals surface area (Å²) in [5.74, 6) is 0.679. The van der Waals surface area contributed by atoms with Crippen LogP contribution in [0, 0.1) is 0 Å². The van der Waals surface area contributed by atoms with E-state index in [0.717, 1.165) is 11.3 Å². The van der Waals surface area contributed by atoms with Gasteiger partial charge in [0, 0.05) is 18.8 Å². The molecule has 1 rings (SSSR count). The summed E-state index contributed by atoms with van der Waals surface area (Å²) in [6.07, 6.45) is -0.762. The number of carbonyl (C=O) groups is 2. The molecule has 0 unspecified atom stereocenters. The first-order chi connectivity index (χ1) is 14.3. The van der Waals surface area contributed by atoms with Gasteiger partial charge in [0.05, 0.1) is 7.11 Å². The molecule has 0 aliphatic carbocycles. The number of nitrogens with two attached hydrogens (primary N) is 1. The highest BCUT2D eigenvalue weighted by Crippen LogP contribution is 2.26. The van der Waals surface area contributed by atoms with E-state index in [0.29, 0.717) is 25.3 Å². The lowest BCUT2D eigenvalue weighted by molar-refractivity contribution is 0.0526. The number of methoxy groups -OCH3 is 1. The number of benzene rings is 1. The molecule has 0 spiro atoms. The van der Waals surface area contributed by atoms with Gasteiger partial charge in [0.25, 0.3) is 0 Å². The maximum absolute atomic E-state index is 12.1. The van der Waals surface area contributed by atoms with E-state index in [-0.39, 0.29) is 5.96 Å². The average molecular weight is 437 g/mol. The third-order valence-electron chi connectivity index (χ3n) is 3.83. The van der Waals surface area contributed by atoms with E-state index >= 15 is 0 Å². The van der Waals surface area contributed by atoms with Gasteiger partial charge in [0.1, 0.15) is 17.0 Å². The van der Waals surface area contributed by atoms with E-state index in [4.69, 9.17) is 19.9 Å². The van der Waals surface area contributed by atoms with Crippen LogP contribution >= 0.6 is 0 Å². The van der Waals surface area contributed by atoms with Crippen molar-refractivity contribution in [3.63, 3.8) is 0 Å². The molecule has 2 amide bonds. The van der Waals surface area contributed by atoms with E-state index in [9.17, 15) is 9.59 Å². The summed E-state index contributed by atoms with van der Waals surface area (Å²) < 4.78 is 15.8. The molecule has 0 aromatic heterocycles. The van der Waals surface area contributed by atoms with Crippen molar-refractivity contribution in [1.82, 2.24) is 5.32 Å². The largest absolute Gasteiger partial charge is 0.497 e. The fourth-order valence-corrected chi connectivity index (χ4v) is 2.66. The lowest BCUT2D eigenvalue weighted by Gasteiger charge is -2.26. The van der Waals surface area contributed by atoms with E-state index in [1.165, 1.54) is 0 Å². The Bertz CT molecular complexity index is 794. The minimum atomic E-state index is -0.759. The zero-order chi connectivity index (χ0) is 23.8. The highest BCUT2D eigenvalue weighted by atomic mass is 16.6. The van der Waals surface area contributed by atoms with E-state index in [2.05, 4.69) is 10.3 Å². The number of hydrogen-bond donors (Lipinski definition) is 2. The summed E-state index contributed by atoms with van der Waals surface area (Å²) in [6, 6.07) is 5.49. The smallest absolute Gasteiger partial charge is 0.437 e. The monoisotopic (exact) mass is 436 g/mol. The quantitative estimate of drug-likeness (QED) is 0.514. The maximum Gasteiger partial charge on any atom is 0.437 e. The standard InChI is InChI=1S/C22H36N4O5/c1-9-26(18(23)25-20(28)31-22(5,6)7)17-11-10-16(29-8)14-15(17)12-13-24-19(27)30-21(2,3)4/h10-11,14H,9,12-13H2,1-8H3,(H,24,27)(H2,23,25,28). The van der Waals surface area contributed by atoms with Crippen LogP contribution in [-0.4, -0.2) is 49.5 Å². The number of nitrogens with zero attached hydrogens (tertiary/aromatic N) is 2. The highest BCUT2D eigenvalue weighted by Gasteiger charge is 2.20. The molecule has 0 atom stereocenters. The van der Waals surface area contributed by atoms with E-state index < -0.39 is 23.4 Å². The molecule has 9 heteroatoms. The predicted octanol–water partition coefficient (Wildman–Crippen LogP) is 3.84. The zero-order valence-electron chi connectivity index (χ0n) is 19.9. The van der Waals surface area contributed by atoms with Gasteiger partial charge >= 0.3 is 12.2 Å². The Morgan fingerprint density at radius 2 is 1.71 bits per heavy atom. The molecule has 0 saturated carbocycles. The van der Waals surface area contributed by atoms with Crippen molar-refractivity contribution < 1.29 is 23.8 Å². The third-order valence-corrected chi connectivity index (χ3v) is 3.83. The number of amides is 2. The number of carbonyl (C=O) groups excluding carboxylic acids is 2. The summed E-state index contributed by atoms with van der Waals surface area (Å²) in [7, 11) is 1.58. The second kappa shape index (κ2) is 10.9. The summed E-state index contributed by atoms with van der Waals surface area (Å²) in [6.45, 7) is 13.4. The van der Waals surface area contributed by atoms with Crippen LogP contribution in [0.25, 0.3) is 0 Å². The maximum atomic E-state index is 12.1. The molecule has 31 heavy (non-hydrogen) atoms. The number of alkyl carbamates (subject to hydrolysis) is 1. The summed E-state index contributed by atoms with van der Waals surface area (Å²) in [5.41, 5.74) is 6.49. The summed E-state index contributed by atoms with van der Waals surface area (Å²) >= 11 is 0. The molecule has 1 aromatic rings. The van der Waals surface area contributed by atoms with Crippen molar-refractivity contribution in [2.24, 2.45) is 10.7 Å². The molecule has 0 radical (unpaired) electrons. The lowest BCUT2D eigenvalue weighted by atomic mass is 10.1. The first-order valence-corrected chi connectivity index (χ1v) is 10.2. The number of hydrogen-bond acceptors (Lipinski definition) is 5.